The Morgan fingerprint density at radius 1 is 1.08 bits per heavy atom. The lowest BCUT2D eigenvalue weighted by Gasteiger charge is -2.28. The summed E-state index contributed by atoms with van der Waals surface area (Å²) < 4.78 is 0.774. The van der Waals surface area contributed by atoms with Gasteiger partial charge in [0.05, 0.1) is 27.2 Å². The third-order valence-corrected chi connectivity index (χ3v) is 1.88. The predicted molar refractivity (Wildman–Crippen MR) is 56.0 cm³/mol. The minimum Gasteiger partial charge on any atom is -0.252 e. The SMILES string of the molecule is CC(N[N+](C)(C)C)c1ccccc1. The monoisotopic (exact) mass is 179 g/mol. The lowest BCUT2D eigenvalue weighted by atomic mass is 10.1. The molecule has 0 aliphatic heterocycles. The van der Waals surface area contributed by atoms with E-state index in [1.165, 1.54) is 5.56 Å². The van der Waals surface area contributed by atoms with Crippen molar-refractivity contribution in [3.63, 3.8) is 0 Å². The van der Waals surface area contributed by atoms with Gasteiger partial charge in [0.2, 0.25) is 0 Å². The quantitative estimate of drug-likeness (QED) is 0.552. The van der Waals surface area contributed by atoms with Gasteiger partial charge in [-0.2, -0.15) is 5.43 Å². The standard InChI is InChI=1S/C11H19N2/c1-10(12-13(2,3)4)11-8-6-5-7-9-11/h5-10,12H,1-4H3/q+1. The Balaban J connectivity index is 2.64. The summed E-state index contributed by atoms with van der Waals surface area (Å²) in [5.74, 6) is 0. The molecule has 0 fully saturated rings. The maximum Gasteiger partial charge on any atom is 0.0853 e. The Morgan fingerprint density at radius 2 is 1.62 bits per heavy atom. The number of nitrogens with zero attached hydrogens (tertiary/aromatic N) is 1. The van der Waals surface area contributed by atoms with Crippen molar-refractivity contribution < 1.29 is 4.59 Å². The summed E-state index contributed by atoms with van der Waals surface area (Å²) in [5.41, 5.74) is 4.80. The molecule has 0 heterocycles. The average Bonchev–Trinajstić information content (AvgIpc) is 2.03. The van der Waals surface area contributed by atoms with Crippen LogP contribution in [0.3, 0.4) is 0 Å². The van der Waals surface area contributed by atoms with Crippen LogP contribution in [-0.2, 0) is 0 Å². The minimum absolute atomic E-state index is 0.390. The number of benzene rings is 1. The summed E-state index contributed by atoms with van der Waals surface area (Å²) in [6.45, 7) is 2.18. The van der Waals surface area contributed by atoms with Gasteiger partial charge < -0.3 is 0 Å². The van der Waals surface area contributed by atoms with E-state index in [1.54, 1.807) is 0 Å². The van der Waals surface area contributed by atoms with Crippen LogP contribution in [0.5, 0.6) is 0 Å². The predicted octanol–water partition coefficient (Wildman–Crippen LogP) is 1.96. The highest BCUT2D eigenvalue weighted by molar-refractivity contribution is 5.17. The summed E-state index contributed by atoms with van der Waals surface area (Å²) in [4.78, 5) is 0. The van der Waals surface area contributed by atoms with Gasteiger partial charge in [-0.3, -0.25) is 4.59 Å². The minimum atomic E-state index is 0.390. The van der Waals surface area contributed by atoms with Crippen molar-refractivity contribution in [2.45, 2.75) is 13.0 Å². The normalized spacial score (nSPS) is 14.2. The Labute approximate surface area is 80.7 Å². The van der Waals surface area contributed by atoms with Crippen molar-refractivity contribution in [1.29, 1.82) is 0 Å². The maximum absolute atomic E-state index is 3.47. The molecule has 13 heavy (non-hydrogen) atoms. The fraction of sp³-hybridized carbons (Fsp3) is 0.455. The number of quaternary nitrogens is 1. The van der Waals surface area contributed by atoms with Crippen LogP contribution in [0.4, 0.5) is 0 Å². The van der Waals surface area contributed by atoms with Crippen LogP contribution in [0.25, 0.3) is 0 Å². The number of nitrogens with one attached hydrogen (secondary N) is 1. The number of hydrogen-bond donors (Lipinski definition) is 1. The molecule has 0 bridgehead atoms. The molecule has 0 spiro atoms. The van der Waals surface area contributed by atoms with E-state index < -0.39 is 0 Å². The van der Waals surface area contributed by atoms with Gasteiger partial charge >= 0.3 is 0 Å². The second-order valence-electron chi connectivity index (χ2n) is 4.27. The van der Waals surface area contributed by atoms with E-state index in [1.807, 2.05) is 6.07 Å². The molecule has 2 heteroatoms. The van der Waals surface area contributed by atoms with Crippen LogP contribution < -0.4 is 5.43 Å². The van der Waals surface area contributed by atoms with E-state index in [2.05, 4.69) is 57.8 Å². The molecule has 0 saturated carbocycles. The van der Waals surface area contributed by atoms with Crippen LogP contribution in [0.15, 0.2) is 30.3 Å². The number of rotatable bonds is 3. The van der Waals surface area contributed by atoms with E-state index in [-0.39, 0.29) is 0 Å². The molecule has 0 aromatic heterocycles. The molecule has 1 unspecified atom stereocenters. The Kier molecular flexibility index (Phi) is 3.07. The molecule has 0 aliphatic rings. The van der Waals surface area contributed by atoms with Crippen molar-refractivity contribution >= 4 is 0 Å². The van der Waals surface area contributed by atoms with E-state index in [4.69, 9.17) is 0 Å². The van der Waals surface area contributed by atoms with Gasteiger partial charge in [0.1, 0.15) is 0 Å². The molecule has 0 amide bonds. The molecule has 1 aromatic carbocycles. The summed E-state index contributed by atoms with van der Waals surface area (Å²) in [7, 11) is 6.37. The highest BCUT2D eigenvalue weighted by Gasteiger charge is 2.13. The molecule has 1 aromatic rings. The second-order valence-corrected chi connectivity index (χ2v) is 4.27. The molecule has 1 atom stereocenters. The first kappa shape index (κ1) is 10.2. The molecule has 1 N–H and O–H groups in total. The number of hydrogen-bond acceptors (Lipinski definition) is 1. The first-order valence-corrected chi connectivity index (χ1v) is 4.63. The molecule has 1 rings (SSSR count). The van der Waals surface area contributed by atoms with E-state index in [9.17, 15) is 0 Å². The zero-order chi connectivity index (χ0) is 9.90. The van der Waals surface area contributed by atoms with Gasteiger partial charge in [-0.05, 0) is 12.5 Å². The van der Waals surface area contributed by atoms with Crippen molar-refractivity contribution in [2.75, 3.05) is 21.1 Å². The molecule has 2 nitrogen and oxygen atoms in total. The summed E-state index contributed by atoms with van der Waals surface area (Å²) in [6, 6.07) is 10.9. The zero-order valence-electron chi connectivity index (χ0n) is 8.91. The Bertz CT molecular complexity index is 249. The van der Waals surface area contributed by atoms with Crippen LogP contribution in [0.1, 0.15) is 18.5 Å². The smallest absolute Gasteiger partial charge is 0.0853 e. The van der Waals surface area contributed by atoms with Crippen molar-refractivity contribution in [3.8, 4) is 0 Å². The fourth-order valence-corrected chi connectivity index (χ4v) is 1.40. The van der Waals surface area contributed by atoms with Crippen molar-refractivity contribution in [2.24, 2.45) is 0 Å². The molecule has 0 aliphatic carbocycles. The highest BCUT2D eigenvalue weighted by Crippen LogP contribution is 2.11. The fourth-order valence-electron chi connectivity index (χ4n) is 1.40. The van der Waals surface area contributed by atoms with E-state index in [0.29, 0.717) is 6.04 Å². The van der Waals surface area contributed by atoms with E-state index >= 15 is 0 Å². The van der Waals surface area contributed by atoms with Crippen molar-refractivity contribution in [3.05, 3.63) is 35.9 Å². The molecular formula is C11H19N2+. The van der Waals surface area contributed by atoms with Crippen LogP contribution >= 0.6 is 0 Å². The second kappa shape index (κ2) is 3.90. The van der Waals surface area contributed by atoms with E-state index in [0.717, 1.165) is 4.59 Å². The average molecular weight is 179 g/mol. The summed E-state index contributed by atoms with van der Waals surface area (Å²) in [6.07, 6.45) is 0. The largest absolute Gasteiger partial charge is 0.252 e. The first-order valence-electron chi connectivity index (χ1n) is 4.63. The lowest BCUT2D eigenvalue weighted by Crippen LogP contribution is -2.48. The first-order chi connectivity index (χ1) is 5.99. The maximum atomic E-state index is 3.47. The third-order valence-electron chi connectivity index (χ3n) is 1.88. The third kappa shape index (κ3) is 3.57. The van der Waals surface area contributed by atoms with Crippen LogP contribution in [0, 0.1) is 0 Å². The summed E-state index contributed by atoms with van der Waals surface area (Å²) in [5, 5.41) is 0. The lowest BCUT2D eigenvalue weighted by molar-refractivity contribution is -0.919. The van der Waals surface area contributed by atoms with Crippen LogP contribution in [-0.4, -0.2) is 25.7 Å². The summed E-state index contributed by atoms with van der Waals surface area (Å²) >= 11 is 0. The van der Waals surface area contributed by atoms with Crippen molar-refractivity contribution in [1.82, 2.24) is 5.43 Å². The van der Waals surface area contributed by atoms with Gasteiger partial charge in [0, 0.05) is 0 Å². The molecule has 72 valence electrons. The van der Waals surface area contributed by atoms with Gasteiger partial charge in [0.25, 0.3) is 0 Å². The van der Waals surface area contributed by atoms with Crippen LogP contribution in [0.2, 0.25) is 0 Å². The van der Waals surface area contributed by atoms with Gasteiger partial charge in [-0.25, -0.2) is 0 Å². The van der Waals surface area contributed by atoms with Gasteiger partial charge in [-0.1, -0.05) is 30.3 Å². The zero-order valence-corrected chi connectivity index (χ0v) is 8.91. The Morgan fingerprint density at radius 3 is 2.08 bits per heavy atom. The molecular weight excluding hydrogens is 160 g/mol. The highest BCUT2D eigenvalue weighted by atomic mass is 15.6. The van der Waals surface area contributed by atoms with Gasteiger partial charge in [-0.15, -0.1) is 0 Å². The van der Waals surface area contributed by atoms with Gasteiger partial charge in [0.15, 0.2) is 0 Å². The Hall–Kier alpha value is -0.860. The molecule has 0 radical (unpaired) electrons. The molecule has 0 saturated heterocycles. The topological polar surface area (TPSA) is 12.0 Å².